The molecule has 0 saturated carbocycles. The van der Waals surface area contributed by atoms with Gasteiger partial charge < -0.3 is 10.1 Å². The van der Waals surface area contributed by atoms with E-state index in [9.17, 15) is 0 Å². The van der Waals surface area contributed by atoms with Crippen LogP contribution >= 0.6 is 0 Å². The summed E-state index contributed by atoms with van der Waals surface area (Å²) in [4.78, 5) is 0. The van der Waals surface area contributed by atoms with E-state index in [0.29, 0.717) is 13.2 Å². The van der Waals surface area contributed by atoms with E-state index in [0.717, 1.165) is 18.8 Å². The summed E-state index contributed by atoms with van der Waals surface area (Å²) in [6, 6.07) is 0.150. The summed E-state index contributed by atoms with van der Waals surface area (Å²) in [7, 11) is 0. The molecule has 1 N–H and O–H groups in total. The van der Waals surface area contributed by atoms with Gasteiger partial charge in [0.2, 0.25) is 0 Å². The van der Waals surface area contributed by atoms with Crippen molar-refractivity contribution in [3.8, 4) is 0 Å². The number of ether oxygens (including phenoxy) is 1. The molecule has 0 aromatic carbocycles. The SMILES string of the molecule is CCCNC(C)c1nnnn1CC(C)(C)OCC. The van der Waals surface area contributed by atoms with Crippen LogP contribution in [-0.2, 0) is 11.3 Å². The van der Waals surface area contributed by atoms with Gasteiger partial charge in [0.05, 0.1) is 18.2 Å². The van der Waals surface area contributed by atoms with E-state index in [1.807, 2.05) is 25.5 Å². The first kappa shape index (κ1) is 15.0. The normalized spacial score (nSPS) is 13.8. The van der Waals surface area contributed by atoms with E-state index >= 15 is 0 Å². The molecule has 1 heterocycles. The first-order valence-corrected chi connectivity index (χ1v) is 6.63. The van der Waals surface area contributed by atoms with Crippen LogP contribution < -0.4 is 5.32 Å². The molecule has 0 saturated heterocycles. The summed E-state index contributed by atoms with van der Waals surface area (Å²) in [6.07, 6.45) is 1.09. The molecule has 6 heteroatoms. The van der Waals surface area contributed by atoms with Gasteiger partial charge in [-0.05, 0) is 51.1 Å². The maximum Gasteiger partial charge on any atom is 0.168 e. The topological polar surface area (TPSA) is 64.9 Å². The van der Waals surface area contributed by atoms with E-state index in [1.165, 1.54) is 0 Å². The molecule has 0 aliphatic heterocycles. The van der Waals surface area contributed by atoms with Gasteiger partial charge in [-0.15, -0.1) is 5.10 Å². The summed E-state index contributed by atoms with van der Waals surface area (Å²) in [5.74, 6) is 0.858. The molecule has 0 aliphatic rings. The zero-order valence-corrected chi connectivity index (χ0v) is 12.1. The molecule has 0 spiro atoms. The number of nitrogens with zero attached hydrogens (tertiary/aromatic N) is 4. The summed E-state index contributed by atoms with van der Waals surface area (Å²) >= 11 is 0. The molecule has 0 aliphatic carbocycles. The summed E-state index contributed by atoms with van der Waals surface area (Å²) in [5, 5.41) is 15.3. The Morgan fingerprint density at radius 3 is 2.72 bits per heavy atom. The largest absolute Gasteiger partial charge is 0.374 e. The highest BCUT2D eigenvalue weighted by atomic mass is 16.5. The monoisotopic (exact) mass is 255 g/mol. The molecule has 0 radical (unpaired) electrons. The lowest BCUT2D eigenvalue weighted by Crippen LogP contribution is -2.33. The van der Waals surface area contributed by atoms with E-state index in [1.54, 1.807) is 0 Å². The number of hydrogen-bond donors (Lipinski definition) is 1. The number of nitrogens with one attached hydrogen (secondary N) is 1. The molecule has 6 nitrogen and oxygen atoms in total. The van der Waals surface area contributed by atoms with Crippen molar-refractivity contribution in [2.24, 2.45) is 0 Å². The van der Waals surface area contributed by atoms with Crippen LogP contribution in [-0.4, -0.2) is 39.0 Å². The van der Waals surface area contributed by atoms with Crippen LogP contribution in [0, 0.1) is 0 Å². The fourth-order valence-electron chi connectivity index (χ4n) is 1.88. The molecule has 0 amide bonds. The highest BCUT2D eigenvalue weighted by Crippen LogP contribution is 2.15. The molecule has 1 aromatic rings. The van der Waals surface area contributed by atoms with Gasteiger partial charge in [-0.25, -0.2) is 4.68 Å². The van der Waals surface area contributed by atoms with Crippen molar-refractivity contribution in [2.45, 2.75) is 59.2 Å². The second-order valence-electron chi connectivity index (χ2n) is 5.06. The third kappa shape index (κ3) is 4.34. The Hall–Kier alpha value is -1.01. The zero-order chi connectivity index (χ0) is 13.6. The number of rotatable bonds is 8. The minimum Gasteiger partial charge on any atom is -0.374 e. The maximum absolute atomic E-state index is 5.68. The van der Waals surface area contributed by atoms with E-state index in [-0.39, 0.29) is 11.6 Å². The van der Waals surface area contributed by atoms with E-state index in [2.05, 4.69) is 34.7 Å². The second kappa shape index (κ2) is 6.80. The molecule has 0 fully saturated rings. The predicted octanol–water partition coefficient (Wildman–Crippen LogP) is 1.55. The van der Waals surface area contributed by atoms with Gasteiger partial charge in [-0.2, -0.15) is 0 Å². The van der Waals surface area contributed by atoms with Crippen LogP contribution in [0.25, 0.3) is 0 Å². The lowest BCUT2D eigenvalue weighted by molar-refractivity contribution is -0.0258. The molecular formula is C12H25N5O. The van der Waals surface area contributed by atoms with Crippen molar-refractivity contribution in [2.75, 3.05) is 13.2 Å². The average Bonchev–Trinajstić information content (AvgIpc) is 2.73. The first-order chi connectivity index (χ1) is 8.50. The van der Waals surface area contributed by atoms with Crippen LogP contribution in [0.3, 0.4) is 0 Å². The van der Waals surface area contributed by atoms with Crippen molar-refractivity contribution >= 4 is 0 Å². The molecule has 18 heavy (non-hydrogen) atoms. The van der Waals surface area contributed by atoms with Crippen LogP contribution in [0.15, 0.2) is 0 Å². The van der Waals surface area contributed by atoms with Crippen LogP contribution in [0.4, 0.5) is 0 Å². The third-order valence-corrected chi connectivity index (χ3v) is 2.71. The molecular weight excluding hydrogens is 230 g/mol. The predicted molar refractivity (Wildman–Crippen MR) is 70.2 cm³/mol. The Morgan fingerprint density at radius 1 is 1.39 bits per heavy atom. The van der Waals surface area contributed by atoms with Crippen LogP contribution in [0.5, 0.6) is 0 Å². The number of tetrazole rings is 1. The Labute approximate surface area is 109 Å². The minimum absolute atomic E-state index is 0.150. The zero-order valence-electron chi connectivity index (χ0n) is 12.1. The van der Waals surface area contributed by atoms with Gasteiger partial charge in [-0.1, -0.05) is 6.92 Å². The Morgan fingerprint density at radius 2 is 2.11 bits per heavy atom. The summed E-state index contributed by atoms with van der Waals surface area (Å²) < 4.78 is 7.50. The summed E-state index contributed by atoms with van der Waals surface area (Å²) in [5.41, 5.74) is -0.261. The van der Waals surface area contributed by atoms with Crippen molar-refractivity contribution in [3.05, 3.63) is 5.82 Å². The van der Waals surface area contributed by atoms with E-state index in [4.69, 9.17) is 4.74 Å². The van der Waals surface area contributed by atoms with Gasteiger partial charge in [0.15, 0.2) is 5.82 Å². The standard InChI is InChI=1S/C12H25N5O/c1-6-8-13-10(3)11-14-15-16-17(11)9-12(4,5)18-7-2/h10,13H,6-9H2,1-5H3. The lowest BCUT2D eigenvalue weighted by Gasteiger charge is -2.25. The molecule has 1 aromatic heterocycles. The van der Waals surface area contributed by atoms with Gasteiger partial charge >= 0.3 is 0 Å². The first-order valence-electron chi connectivity index (χ1n) is 6.63. The fraction of sp³-hybridized carbons (Fsp3) is 0.917. The molecule has 1 unspecified atom stereocenters. The summed E-state index contributed by atoms with van der Waals surface area (Å²) in [6.45, 7) is 12.6. The van der Waals surface area contributed by atoms with Crippen molar-refractivity contribution in [3.63, 3.8) is 0 Å². The number of hydrogen-bond acceptors (Lipinski definition) is 5. The Balaban J connectivity index is 2.70. The maximum atomic E-state index is 5.68. The molecule has 0 bridgehead atoms. The van der Waals surface area contributed by atoms with Gasteiger partial charge in [0.25, 0.3) is 0 Å². The van der Waals surface area contributed by atoms with E-state index < -0.39 is 0 Å². The second-order valence-corrected chi connectivity index (χ2v) is 5.06. The van der Waals surface area contributed by atoms with Gasteiger partial charge in [0, 0.05) is 6.61 Å². The lowest BCUT2D eigenvalue weighted by atomic mass is 10.1. The molecule has 104 valence electrons. The van der Waals surface area contributed by atoms with Crippen molar-refractivity contribution < 1.29 is 4.74 Å². The number of aromatic nitrogens is 4. The average molecular weight is 255 g/mol. The Bertz CT molecular complexity index is 350. The van der Waals surface area contributed by atoms with Crippen molar-refractivity contribution in [1.82, 2.24) is 25.5 Å². The Kier molecular flexibility index (Phi) is 5.68. The quantitative estimate of drug-likeness (QED) is 0.763. The molecule has 1 rings (SSSR count). The van der Waals surface area contributed by atoms with Crippen molar-refractivity contribution in [1.29, 1.82) is 0 Å². The van der Waals surface area contributed by atoms with Gasteiger partial charge in [-0.3, -0.25) is 0 Å². The highest BCUT2D eigenvalue weighted by Gasteiger charge is 2.23. The van der Waals surface area contributed by atoms with Crippen LogP contribution in [0.1, 0.15) is 52.9 Å². The molecule has 1 atom stereocenters. The fourth-order valence-corrected chi connectivity index (χ4v) is 1.88. The van der Waals surface area contributed by atoms with Crippen LogP contribution in [0.2, 0.25) is 0 Å². The highest BCUT2D eigenvalue weighted by molar-refractivity contribution is 4.91. The minimum atomic E-state index is -0.261. The van der Waals surface area contributed by atoms with Gasteiger partial charge in [0.1, 0.15) is 0 Å². The third-order valence-electron chi connectivity index (χ3n) is 2.71. The smallest absolute Gasteiger partial charge is 0.168 e.